The van der Waals surface area contributed by atoms with Crippen molar-refractivity contribution in [2.24, 2.45) is 0 Å². The van der Waals surface area contributed by atoms with Gasteiger partial charge in [0.05, 0.1) is 0 Å². The van der Waals surface area contributed by atoms with Crippen molar-refractivity contribution < 1.29 is 0 Å². The second kappa shape index (κ2) is 5.77. The van der Waals surface area contributed by atoms with E-state index in [4.69, 9.17) is 0 Å². The molecule has 1 radical (unpaired) electrons. The maximum atomic E-state index is 3.48. The number of anilines is 2. The predicted molar refractivity (Wildman–Crippen MR) is 98.6 cm³/mol. The Morgan fingerprint density at radius 1 is 0.565 bits per heavy atom. The van der Waals surface area contributed by atoms with Gasteiger partial charge in [-0.1, -0.05) is 35.4 Å². The Labute approximate surface area is 140 Å². The van der Waals surface area contributed by atoms with Gasteiger partial charge in [-0.2, -0.15) is 0 Å². The van der Waals surface area contributed by atoms with Gasteiger partial charge in [0.1, 0.15) is 0 Å². The van der Waals surface area contributed by atoms with Crippen molar-refractivity contribution in [1.29, 1.82) is 0 Å². The molecule has 1 heterocycles. The Hall–Kier alpha value is -2.22. The Balaban J connectivity index is 1.93. The smallest absolute Gasteiger partial charge is 0.0165 e. The SMILES string of the molecule is Cc1cc(C)c(N2[C-]N(c3c(C)cc(C)cc3C)C=C2)c(C)c1. The topological polar surface area (TPSA) is 6.48 Å². The minimum atomic E-state index is 1.22. The van der Waals surface area contributed by atoms with Crippen molar-refractivity contribution in [1.82, 2.24) is 0 Å². The van der Waals surface area contributed by atoms with E-state index < -0.39 is 0 Å². The van der Waals surface area contributed by atoms with Crippen LogP contribution in [0.25, 0.3) is 0 Å². The third-order valence-electron chi connectivity index (χ3n) is 4.33. The number of rotatable bonds is 2. The fourth-order valence-electron chi connectivity index (χ4n) is 3.67. The minimum Gasteiger partial charge on any atom is -0.504 e. The van der Waals surface area contributed by atoms with Crippen molar-refractivity contribution in [3.8, 4) is 0 Å². The first-order chi connectivity index (χ1) is 10.9. The first kappa shape index (κ1) is 15.7. The standard InChI is InChI=1S/C21H24N2/c1-14-9-16(3)20(17(4)10-14)22-7-8-23(13-22)21-18(5)11-15(2)12-19(21)6/h7-12H,1-6H3/q-1. The summed E-state index contributed by atoms with van der Waals surface area (Å²) in [7, 11) is 0. The maximum Gasteiger partial charge on any atom is 0.0165 e. The van der Waals surface area contributed by atoms with E-state index in [2.05, 4.69) is 94.7 Å². The lowest BCUT2D eigenvalue weighted by Crippen LogP contribution is -2.21. The molecule has 0 saturated heterocycles. The molecule has 2 aromatic carbocycles. The lowest BCUT2D eigenvalue weighted by atomic mass is 10.0. The van der Waals surface area contributed by atoms with Gasteiger partial charge in [-0.05, 0) is 76.2 Å². The fourth-order valence-corrected chi connectivity index (χ4v) is 3.67. The van der Waals surface area contributed by atoms with Gasteiger partial charge < -0.3 is 9.80 Å². The Bertz CT molecular complexity index is 675. The van der Waals surface area contributed by atoms with Crippen molar-refractivity contribution in [2.75, 3.05) is 9.80 Å². The monoisotopic (exact) mass is 304 g/mol. The molecule has 2 heteroatoms. The Morgan fingerprint density at radius 2 is 0.870 bits per heavy atom. The summed E-state index contributed by atoms with van der Waals surface area (Å²) in [5.74, 6) is 0. The van der Waals surface area contributed by atoms with Gasteiger partial charge >= 0.3 is 0 Å². The van der Waals surface area contributed by atoms with Gasteiger partial charge in [0.25, 0.3) is 0 Å². The van der Waals surface area contributed by atoms with Gasteiger partial charge in [0.2, 0.25) is 0 Å². The van der Waals surface area contributed by atoms with Gasteiger partial charge in [0.15, 0.2) is 0 Å². The zero-order valence-electron chi connectivity index (χ0n) is 14.9. The fraction of sp³-hybridized carbons (Fsp3) is 0.286. The van der Waals surface area contributed by atoms with Crippen LogP contribution in [0.15, 0.2) is 36.7 Å². The van der Waals surface area contributed by atoms with E-state index in [1.807, 2.05) is 0 Å². The second-order valence-corrected chi connectivity index (χ2v) is 6.63. The molecule has 0 aromatic heterocycles. The molecule has 0 unspecified atom stereocenters. The highest BCUT2D eigenvalue weighted by molar-refractivity contribution is 5.71. The Morgan fingerprint density at radius 3 is 1.17 bits per heavy atom. The summed E-state index contributed by atoms with van der Waals surface area (Å²) in [4.78, 5) is 4.20. The second-order valence-electron chi connectivity index (χ2n) is 6.63. The molecule has 23 heavy (non-hydrogen) atoms. The molecular formula is C21H24N2-. The third-order valence-corrected chi connectivity index (χ3v) is 4.33. The highest BCUT2D eigenvalue weighted by Gasteiger charge is 2.12. The zero-order valence-corrected chi connectivity index (χ0v) is 14.9. The summed E-state index contributed by atoms with van der Waals surface area (Å²) in [6.07, 6.45) is 4.17. The molecule has 0 aliphatic carbocycles. The van der Waals surface area contributed by atoms with Crippen LogP contribution in [0.2, 0.25) is 0 Å². The largest absolute Gasteiger partial charge is 0.504 e. The lowest BCUT2D eigenvalue weighted by molar-refractivity contribution is 1.07. The van der Waals surface area contributed by atoms with E-state index in [1.165, 1.54) is 44.8 Å². The summed E-state index contributed by atoms with van der Waals surface area (Å²) in [6.45, 7) is 16.4. The molecule has 2 nitrogen and oxygen atoms in total. The van der Waals surface area contributed by atoms with Crippen LogP contribution in [-0.4, -0.2) is 0 Å². The molecule has 2 aromatic rings. The van der Waals surface area contributed by atoms with Gasteiger partial charge in [-0.3, -0.25) is 0 Å². The van der Waals surface area contributed by atoms with Crippen molar-refractivity contribution in [3.05, 3.63) is 76.7 Å². The molecule has 1 aliphatic heterocycles. The molecule has 0 saturated carbocycles. The van der Waals surface area contributed by atoms with Gasteiger partial charge in [-0.15, -0.1) is 0 Å². The molecule has 1 aliphatic rings. The molecule has 0 N–H and O–H groups in total. The van der Waals surface area contributed by atoms with Gasteiger partial charge in [0, 0.05) is 11.4 Å². The number of benzene rings is 2. The van der Waals surface area contributed by atoms with Crippen LogP contribution in [0.1, 0.15) is 33.4 Å². The zero-order chi connectivity index (χ0) is 16.7. The van der Waals surface area contributed by atoms with E-state index in [1.54, 1.807) is 0 Å². The van der Waals surface area contributed by atoms with Crippen molar-refractivity contribution >= 4 is 11.4 Å². The lowest BCUT2D eigenvalue weighted by Gasteiger charge is -2.40. The van der Waals surface area contributed by atoms with Crippen LogP contribution in [-0.2, 0) is 0 Å². The number of hydrogen-bond donors (Lipinski definition) is 0. The van der Waals surface area contributed by atoms with Crippen LogP contribution in [0.5, 0.6) is 0 Å². The molecule has 119 valence electrons. The van der Waals surface area contributed by atoms with E-state index >= 15 is 0 Å². The van der Waals surface area contributed by atoms with Crippen LogP contribution in [0, 0.1) is 48.2 Å². The number of hydrogen-bond acceptors (Lipinski definition) is 2. The summed E-state index contributed by atoms with van der Waals surface area (Å²) in [5.41, 5.74) is 10.1. The molecule has 3 rings (SSSR count). The highest BCUT2D eigenvalue weighted by Crippen LogP contribution is 2.35. The summed E-state index contributed by atoms with van der Waals surface area (Å²) in [6, 6.07) is 8.90. The van der Waals surface area contributed by atoms with Crippen LogP contribution in [0.4, 0.5) is 11.4 Å². The maximum absolute atomic E-state index is 3.48. The summed E-state index contributed by atoms with van der Waals surface area (Å²) >= 11 is 0. The number of aryl methyl sites for hydroxylation is 6. The van der Waals surface area contributed by atoms with Crippen LogP contribution < -0.4 is 9.80 Å². The third kappa shape index (κ3) is 2.86. The van der Waals surface area contributed by atoms with Crippen molar-refractivity contribution in [2.45, 2.75) is 41.5 Å². The highest BCUT2D eigenvalue weighted by atomic mass is 15.3. The van der Waals surface area contributed by atoms with Crippen LogP contribution >= 0.6 is 0 Å². The van der Waals surface area contributed by atoms with E-state index in [0.29, 0.717) is 0 Å². The molecule has 0 amide bonds. The molecule has 0 atom stereocenters. The van der Waals surface area contributed by atoms with Crippen molar-refractivity contribution in [3.63, 3.8) is 0 Å². The molecular weight excluding hydrogens is 280 g/mol. The minimum absolute atomic E-state index is 1.22. The first-order valence-corrected chi connectivity index (χ1v) is 8.05. The summed E-state index contributed by atoms with van der Waals surface area (Å²) < 4.78 is 0. The normalized spacial score (nSPS) is 14.0. The number of nitrogens with zero attached hydrogens (tertiary/aromatic N) is 2. The first-order valence-electron chi connectivity index (χ1n) is 8.05. The molecule has 0 spiro atoms. The Kier molecular flexibility index (Phi) is 3.93. The van der Waals surface area contributed by atoms with Gasteiger partial charge in [-0.25, -0.2) is 6.67 Å². The van der Waals surface area contributed by atoms with Crippen LogP contribution in [0.3, 0.4) is 0 Å². The molecule has 0 bridgehead atoms. The average molecular weight is 304 g/mol. The summed E-state index contributed by atoms with van der Waals surface area (Å²) in [5, 5.41) is 0. The quantitative estimate of drug-likeness (QED) is 0.692. The van der Waals surface area contributed by atoms with E-state index in [0.717, 1.165) is 0 Å². The van der Waals surface area contributed by atoms with E-state index in [9.17, 15) is 0 Å². The average Bonchev–Trinajstić information content (AvgIpc) is 2.85. The molecule has 0 fully saturated rings. The predicted octanol–water partition coefficient (Wildman–Crippen LogP) is 5.33. The van der Waals surface area contributed by atoms with E-state index in [-0.39, 0.29) is 0 Å².